The second kappa shape index (κ2) is 3.95. The highest BCUT2D eigenvalue weighted by Crippen LogP contribution is 2.43. The van der Waals surface area contributed by atoms with Crippen LogP contribution in [0.2, 0.25) is 0 Å². The molecule has 0 aromatic heterocycles. The third kappa shape index (κ3) is 1.47. The SMILES string of the molecule is C=Nc1c(C)c(I)c(N)c(N)c1N=C. The van der Waals surface area contributed by atoms with Gasteiger partial charge in [0.2, 0.25) is 0 Å². The van der Waals surface area contributed by atoms with Crippen molar-refractivity contribution < 1.29 is 0 Å². The Hall–Kier alpha value is -1.11. The number of nitrogens with zero attached hydrogens (tertiary/aromatic N) is 2. The molecule has 4 N–H and O–H groups in total. The third-order valence-corrected chi connectivity index (χ3v) is 3.40. The standard InChI is InChI=1S/C9H11IN4/c1-4-5(10)6(11)7(12)9(14-3)8(4)13-2/h2-3,11-12H2,1H3. The molecule has 0 heterocycles. The minimum atomic E-state index is 0.414. The molecular formula is C9H11IN4. The largest absolute Gasteiger partial charge is 0.396 e. The molecule has 5 heteroatoms. The lowest BCUT2D eigenvalue weighted by Crippen LogP contribution is -2.00. The van der Waals surface area contributed by atoms with Gasteiger partial charge in [-0.1, -0.05) is 0 Å². The Balaban J connectivity index is 3.73. The van der Waals surface area contributed by atoms with Crippen LogP contribution in [0.25, 0.3) is 0 Å². The van der Waals surface area contributed by atoms with Gasteiger partial charge in [-0.25, -0.2) is 0 Å². The molecule has 0 aliphatic heterocycles. The van der Waals surface area contributed by atoms with Crippen molar-refractivity contribution in [2.24, 2.45) is 9.98 Å². The van der Waals surface area contributed by atoms with Crippen LogP contribution in [-0.4, -0.2) is 13.4 Å². The minimum Gasteiger partial charge on any atom is -0.396 e. The number of hydrogen-bond acceptors (Lipinski definition) is 4. The first-order valence-electron chi connectivity index (χ1n) is 3.85. The highest BCUT2D eigenvalue weighted by atomic mass is 127. The Kier molecular flexibility index (Phi) is 3.10. The molecule has 14 heavy (non-hydrogen) atoms. The summed E-state index contributed by atoms with van der Waals surface area (Å²) >= 11 is 2.12. The van der Waals surface area contributed by atoms with Gasteiger partial charge in [-0.05, 0) is 48.5 Å². The third-order valence-electron chi connectivity index (χ3n) is 2.01. The zero-order chi connectivity index (χ0) is 10.9. The van der Waals surface area contributed by atoms with Gasteiger partial charge in [-0.3, -0.25) is 9.98 Å². The van der Waals surface area contributed by atoms with E-state index in [2.05, 4.69) is 46.0 Å². The van der Waals surface area contributed by atoms with Crippen LogP contribution in [0.4, 0.5) is 22.7 Å². The molecule has 0 amide bonds. The van der Waals surface area contributed by atoms with Gasteiger partial charge >= 0.3 is 0 Å². The van der Waals surface area contributed by atoms with Crippen LogP contribution in [0.5, 0.6) is 0 Å². The molecule has 0 aliphatic rings. The quantitative estimate of drug-likeness (QED) is 0.500. The van der Waals surface area contributed by atoms with Gasteiger partial charge in [0, 0.05) is 3.57 Å². The van der Waals surface area contributed by atoms with E-state index in [0.717, 1.165) is 9.13 Å². The first-order chi connectivity index (χ1) is 6.54. The maximum Gasteiger partial charge on any atom is 0.113 e. The lowest BCUT2D eigenvalue weighted by atomic mass is 10.1. The summed E-state index contributed by atoms with van der Waals surface area (Å²) in [6.45, 7) is 8.81. The fourth-order valence-electron chi connectivity index (χ4n) is 1.21. The van der Waals surface area contributed by atoms with Crippen LogP contribution in [0.15, 0.2) is 9.98 Å². The summed E-state index contributed by atoms with van der Waals surface area (Å²) in [5, 5.41) is 0. The molecule has 1 aromatic rings. The van der Waals surface area contributed by atoms with Crippen molar-refractivity contribution in [3.8, 4) is 0 Å². The number of hydrogen-bond donors (Lipinski definition) is 2. The summed E-state index contributed by atoms with van der Waals surface area (Å²) in [5.41, 5.74) is 14.6. The molecule has 0 aliphatic carbocycles. The van der Waals surface area contributed by atoms with Gasteiger partial charge in [0.15, 0.2) is 0 Å². The van der Waals surface area contributed by atoms with Gasteiger partial charge in [0.1, 0.15) is 5.69 Å². The van der Waals surface area contributed by atoms with E-state index >= 15 is 0 Å². The molecule has 0 fully saturated rings. The van der Waals surface area contributed by atoms with Crippen molar-refractivity contribution >= 4 is 58.8 Å². The molecular weight excluding hydrogens is 291 g/mol. The Labute approximate surface area is 96.3 Å². The monoisotopic (exact) mass is 302 g/mol. The predicted octanol–water partition coefficient (Wildman–Crippen LogP) is 2.43. The average Bonchev–Trinajstić information content (AvgIpc) is 2.20. The second-order valence-electron chi connectivity index (χ2n) is 2.78. The summed E-state index contributed by atoms with van der Waals surface area (Å²) in [7, 11) is 0. The highest BCUT2D eigenvalue weighted by Gasteiger charge is 2.15. The number of nitrogen functional groups attached to an aromatic ring is 2. The van der Waals surface area contributed by atoms with Gasteiger partial charge in [0.05, 0.1) is 17.1 Å². The zero-order valence-electron chi connectivity index (χ0n) is 7.84. The normalized spacial score (nSPS) is 9.86. The first-order valence-corrected chi connectivity index (χ1v) is 4.92. The number of aliphatic imine (C=N–C) groups is 2. The number of rotatable bonds is 2. The van der Waals surface area contributed by atoms with E-state index in [0.29, 0.717) is 22.7 Å². The van der Waals surface area contributed by atoms with Crippen molar-refractivity contribution in [2.75, 3.05) is 11.5 Å². The van der Waals surface area contributed by atoms with Crippen LogP contribution < -0.4 is 11.5 Å². The number of anilines is 2. The fourth-order valence-corrected chi connectivity index (χ4v) is 1.76. The summed E-state index contributed by atoms with van der Waals surface area (Å²) < 4.78 is 0.884. The van der Waals surface area contributed by atoms with Crippen LogP contribution >= 0.6 is 22.6 Å². The maximum absolute atomic E-state index is 5.80. The molecule has 0 saturated carbocycles. The fraction of sp³-hybridized carbons (Fsp3) is 0.111. The van der Waals surface area contributed by atoms with E-state index in [-0.39, 0.29) is 0 Å². The van der Waals surface area contributed by atoms with Crippen LogP contribution in [0, 0.1) is 10.5 Å². The Morgan fingerprint density at radius 3 is 2.00 bits per heavy atom. The van der Waals surface area contributed by atoms with Gasteiger partial charge in [-0.2, -0.15) is 0 Å². The molecule has 0 unspecified atom stereocenters. The number of benzene rings is 1. The number of halogens is 1. The van der Waals surface area contributed by atoms with Crippen LogP contribution in [0.1, 0.15) is 5.56 Å². The predicted molar refractivity (Wildman–Crippen MR) is 71.1 cm³/mol. The Bertz CT molecular complexity index is 373. The minimum absolute atomic E-state index is 0.414. The molecule has 0 spiro atoms. The Morgan fingerprint density at radius 2 is 1.57 bits per heavy atom. The number of nitrogens with two attached hydrogens (primary N) is 2. The average molecular weight is 302 g/mol. The van der Waals surface area contributed by atoms with Crippen molar-refractivity contribution in [1.82, 2.24) is 0 Å². The smallest absolute Gasteiger partial charge is 0.113 e. The molecule has 74 valence electrons. The van der Waals surface area contributed by atoms with Crippen LogP contribution in [-0.2, 0) is 0 Å². The lowest BCUT2D eigenvalue weighted by Gasteiger charge is -2.12. The van der Waals surface area contributed by atoms with Gasteiger partial charge in [-0.15, -0.1) is 0 Å². The maximum atomic E-state index is 5.80. The molecule has 4 nitrogen and oxygen atoms in total. The Morgan fingerprint density at radius 1 is 1.07 bits per heavy atom. The molecule has 1 aromatic carbocycles. The molecule has 0 radical (unpaired) electrons. The van der Waals surface area contributed by atoms with E-state index in [1.165, 1.54) is 0 Å². The topological polar surface area (TPSA) is 76.8 Å². The summed E-state index contributed by atoms with van der Waals surface area (Å²) in [4.78, 5) is 7.69. The molecule has 0 atom stereocenters. The van der Waals surface area contributed by atoms with Crippen LogP contribution in [0.3, 0.4) is 0 Å². The lowest BCUT2D eigenvalue weighted by molar-refractivity contribution is 1.36. The van der Waals surface area contributed by atoms with Gasteiger partial charge < -0.3 is 11.5 Å². The van der Waals surface area contributed by atoms with E-state index < -0.39 is 0 Å². The molecule has 0 saturated heterocycles. The van der Waals surface area contributed by atoms with Crippen molar-refractivity contribution in [3.63, 3.8) is 0 Å². The van der Waals surface area contributed by atoms with Gasteiger partial charge in [0.25, 0.3) is 0 Å². The van der Waals surface area contributed by atoms with E-state index in [1.807, 2.05) is 6.92 Å². The van der Waals surface area contributed by atoms with E-state index in [4.69, 9.17) is 11.5 Å². The molecule has 1 rings (SSSR count). The first kappa shape index (κ1) is 11.0. The summed E-state index contributed by atoms with van der Waals surface area (Å²) in [6.07, 6.45) is 0. The zero-order valence-corrected chi connectivity index (χ0v) is 10.00. The van der Waals surface area contributed by atoms with Crippen molar-refractivity contribution in [3.05, 3.63) is 9.13 Å². The van der Waals surface area contributed by atoms with Crippen molar-refractivity contribution in [2.45, 2.75) is 6.92 Å². The van der Waals surface area contributed by atoms with Crippen molar-refractivity contribution in [1.29, 1.82) is 0 Å². The molecule has 0 bridgehead atoms. The highest BCUT2D eigenvalue weighted by molar-refractivity contribution is 14.1. The summed E-state index contributed by atoms with van der Waals surface area (Å²) in [6, 6.07) is 0. The summed E-state index contributed by atoms with van der Waals surface area (Å²) in [5.74, 6) is 0. The second-order valence-corrected chi connectivity index (χ2v) is 3.86. The van der Waals surface area contributed by atoms with E-state index in [9.17, 15) is 0 Å². The van der Waals surface area contributed by atoms with E-state index in [1.54, 1.807) is 0 Å².